The second-order valence-corrected chi connectivity index (χ2v) is 13.5. The molecular weight excluding hydrogens is 408 g/mol. The highest BCUT2D eigenvalue weighted by molar-refractivity contribution is 5.70. The number of carboxylic acids is 1. The van der Waals surface area contributed by atoms with E-state index in [0.717, 1.165) is 57.8 Å². The van der Waals surface area contributed by atoms with Crippen molar-refractivity contribution in [2.24, 2.45) is 39.4 Å². The molecule has 2 unspecified atom stereocenters. The van der Waals surface area contributed by atoms with Crippen LogP contribution < -0.4 is 0 Å². The number of aliphatic carboxylic acids is 1. The summed E-state index contributed by atoms with van der Waals surface area (Å²) < 4.78 is 0. The van der Waals surface area contributed by atoms with Crippen LogP contribution in [0.25, 0.3) is 0 Å². The van der Waals surface area contributed by atoms with Crippen molar-refractivity contribution in [2.45, 2.75) is 119 Å². The maximum absolute atomic E-state index is 12.5. The molecule has 33 heavy (non-hydrogen) atoms. The fourth-order valence-electron chi connectivity index (χ4n) is 9.41. The third-order valence-corrected chi connectivity index (χ3v) is 11.6. The van der Waals surface area contributed by atoms with Crippen molar-refractivity contribution in [1.82, 2.24) is 0 Å². The Labute approximate surface area is 202 Å². The van der Waals surface area contributed by atoms with Crippen LogP contribution >= 0.6 is 0 Å². The number of carbonyl (C=O) groups is 1. The molecule has 4 aliphatic rings. The van der Waals surface area contributed by atoms with E-state index in [9.17, 15) is 15.0 Å². The van der Waals surface area contributed by atoms with Gasteiger partial charge in [-0.15, -0.1) is 0 Å². The number of aliphatic hydroxyl groups is 1. The molecule has 0 radical (unpaired) electrons. The molecule has 4 aliphatic carbocycles. The van der Waals surface area contributed by atoms with Crippen molar-refractivity contribution in [1.29, 1.82) is 0 Å². The molecule has 2 saturated carbocycles. The van der Waals surface area contributed by atoms with Gasteiger partial charge < -0.3 is 10.2 Å². The monoisotopic (exact) mass is 456 g/mol. The topological polar surface area (TPSA) is 57.5 Å². The predicted octanol–water partition coefficient (Wildman–Crippen LogP) is 7.54. The van der Waals surface area contributed by atoms with Crippen LogP contribution in [-0.4, -0.2) is 22.3 Å². The summed E-state index contributed by atoms with van der Waals surface area (Å²) in [6.45, 7) is 16.2. The number of aliphatic hydroxyl groups excluding tert-OH is 1. The van der Waals surface area contributed by atoms with Gasteiger partial charge in [0.1, 0.15) is 0 Å². The van der Waals surface area contributed by atoms with Crippen LogP contribution in [-0.2, 0) is 4.79 Å². The Morgan fingerprint density at radius 3 is 2.33 bits per heavy atom. The summed E-state index contributed by atoms with van der Waals surface area (Å²) in [4.78, 5) is 12.5. The van der Waals surface area contributed by atoms with Crippen molar-refractivity contribution in [3.05, 3.63) is 22.8 Å². The molecule has 186 valence electrons. The van der Waals surface area contributed by atoms with E-state index in [1.807, 2.05) is 0 Å². The first-order valence-electron chi connectivity index (χ1n) is 13.6. The quantitative estimate of drug-likeness (QED) is 0.420. The number of fused-ring (bicyclic) bond motifs is 4. The summed E-state index contributed by atoms with van der Waals surface area (Å²) >= 11 is 0. The van der Waals surface area contributed by atoms with Gasteiger partial charge in [-0.05, 0) is 112 Å². The Hall–Kier alpha value is -1.09. The second kappa shape index (κ2) is 8.25. The van der Waals surface area contributed by atoms with Crippen LogP contribution in [0.1, 0.15) is 113 Å². The van der Waals surface area contributed by atoms with E-state index in [0.29, 0.717) is 5.92 Å². The number of hydrogen-bond donors (Lipinski definition) is 2. The maximum atomic E-state index is 12.5. The molecule has 0 bridgehead atoms. The molecule has 0 aromatic carbocycles. The van der Waals surface area contributed by atoms with E-state index in [4.69, 9.17) is 0 Å². The smallest absolute Gasteiger partial charge is 0.306 e. The predicted molar refractivity (Wildman–Crippen MR) is 135 cm³/mol. The van der Waals surface area contributed by atoms with E-state index in [1.165, 1.54) is 12.0 Å². The van der Waals surface area contributed by atoms with Gasteiger partial charge in [-0.2, -0.15) is 0 Å². The molecule has 0 saturated heterocycles. The first-order valence-corrected chi connectivity index (χ1v) is 13.6. The molecule has 0 aromatic heterocycles. The highest BCUT2D eigenvalue weighted by Gasteiger charge is 2.64. The van der Waals surface area contributed by atoms with Crippen LogP contribution in [0.2, 0.25) is 0 Å². The minimum atomic E-state index is -0.592. The maximum Gasteiger partial charge on any atom is 0.306 e. The van der Waals surface area contributed by atoms with E-state index < -0.39 is 5.97 Å². The zero-order valence-electron chi connectivity index (χ0n) is 22.3. The third-order valence-electron chi connectivity index (χ3n) is 11.6. The van der Waals surface area contributed by atoms with E-state index >= 15 is 0 Å². The summed E-state index contributed by atoms with van der Waals surface area (Å²) in [6.07, 6.45) is 12.3. The van der Waals surface area contributed by atoms with Crippen molar-refractivity contribution < 1.29 is 15.0 Å². The number of carboxylic acid groups (broad SMARTS) is 1. The Kier molecular flexibility index (Phi) is 6.25. The lowest BCUT2D eigenvalue weighted by molar-refractivity contribution is -0.146. The van der Waals surface area contributed by atoms with Gasteiger partial charge in [0, 0.05) is 0 Å². The minimum absolute atomic E-state index is 0.0370. The summed E-state index contributed by atoms with van der Waals surface area (Å²) in [7, 11) is 0. The normalized spacial score (nSPS) is 42.7. The lowest BCUT2D eigenvalue weighted by Gasteiger charge is -2.62. The number of rotatable bonds is 5. The molecule has 0 aromatic rings. The largest absolute Gasteiger partial charge is 0.481 e. The van der Waals surface area contributed by atoms with Crippen molar-refractivity contribution in [2.75, 3.05) is 0 Å². The van der Waals surface area contributed by atoms with Crippen LogP contribution in [0.3, 0.4) is 0 Å². The highest BCUT2D eigenvalue weighted by atomic mass is 16.4. The van der Waals surface area contributed by atoms with E-state index in [1.54, 1.807) is 11.1 Å². The standard InChI is InChI=1S/C30H48O3/c1-19(2)9-8-10-20(26(32)33)21-13-17-30(7)23-11-12-24-27(3,4)25(31)15-16-28(24,5)22(23)14-18-29(21,30)6/h9,20-21,24-25,31H,8,10-18H2,1-7H3,(H,32,33)/t20-,21-,24?,25+,28?,29-,30+/m0/s1. The van der Waals surface area contributed by atoms with Gasteiger partial charge in [-0.25, -0.2) is 0 Å². The minimum Gasteiger partial charge on any atom is -0.481 e. The fraction of sp³-hybridized carbons (Fsp3) is 0.833. The summed E-state index contributed by atoms with van der Waals surface area (Å²) in [5.74, 6) is -0.0420. The van der Waals surface area contributed by atoms with Gasteiger partial charge >= 0.3 is 5.97 Å². The van der Waals surface area contributed by atoms with Crippen molar-refractivity contribution >= 4 is 5.97 Å². The molecule has 3 nitrogen and oxygen atoms in total. The Morgan fingerprint density at radius 2 is 1.70 bits per heavy atom. The zero-order valence-corrected chi connectivity index (χ0v) is 22.3. The molecule has 3 heteroatoms. The third kappa shape index (κ3) is 3.58. The number of hydrogen-bond acceptors (Lipinski definition) is 2. The Morgan fingerprint density at radius 1 is 1.00 bits per heavy atom. The van der Waals surface area contributed by atoms with Crippen molar-refractivity contribution in [3.8, 4) is 0 Å². The molecule has 0 amide bonds. The van der Waals surface area contributed by atoms with Gasteiger partial charge in [-0.3, -0.25) is 4.79 Å². The van der Waals surface area contributed by atoms with Crippen LogP contribution in [0.4, 0.5) is 0 Å². The molecule has 4 rings (SSSR count). The molecule has 0 spiro atoms. The summed E-state index contributed by atoms with van der Waals surface area (Å²) in [5.41, 5.74) is 5.00. The zero-order chi connectivity index (χ0) is 24.4. The lowest BCUT2D eigenvalue weighted by Crippen LogP contribution is -2.55. The van der Waals surface area contributed by atoms with Gasteiger partial charge in [0.2, 0.25) is 0 Å². The van der Waals surface area contributed by atoms with Gasteiger partial charge in [-0.1, -0.05) is 57.4 Å². The van der Waals surface area contributed by atoms with Crippen molar-refractivity contribution in [3.63, 3.8) is 0 Å². The van der Waals surface area contributed by atoms with Crippen LogP contribution in [0.5, 0.6) is 0 Å². The summed E-state index contributed by atoms with van der Waals surface area (Å²) in [5, 5.41) is 21.0. The molecule has 7 atom stereocenters. The molecule has 0 heterocycles. The lowest BCUT2D eigenvalue weighted by atomic mass is 9.43. The Balaban J connectivity index is 1.69. The Bertz CT molecular complexity index is 862. The van der Waals surface area contributed by atoms with E-state index in [2.05, 4.69) is 54.5 Å². The van der Waals surface area contributed by atoms with Gasteiger partial charge in [0.25, 0.3) is 0 Å². The fourth-order valence-corrected chi connectivity index (χ4v) is 9.41. The summed E-state index contributed by atoms with van der Waals surface area (Å²) in [6, 6.07) is 0. The van der Waals surface area contributed by atoms with Gasteiger partial charge in [0.15, 0.2) is 0 Å². The number of allylic oxidation sites excluding steroid dienone is 4. The highest BCUT2D eigenvalue weighted by Crippen LogP contribution is 2.72. The first kappa shape index (κ1) is 25.0. The van der Waals surface area contributed by atoms with E-state index in [-0.39, 0.29) is 39.6 Å². The first-order chi connectivity index (χ1) is 15.3. The van der Waals surface area contributed by atoms with Gasteiger partial charge in [0.05, 0.1) is 12.0 Å². The SMILES string of the molecule is CC(C)=CCC[C@H](C(=O)O)[C@@H]1CC[C@]2(C)C3=C(CC[C@@]12C)C1(C)CC[C@@H](O)C(C)(C)C1CC3. The van der Waals surface area contributed by atoms with Crippen LogP contribution in [0.15, 0.2) is 22.8 Å². The molecule has 0 aliphatic heterocycles. The molecule has 2 fully saturated rings. The van der Waals surface area contributed by atoms with Crippen LogP contribution in [0, 0.1) is 39.4 Å². The average Bonchev–Trinajstić information content (AvgIpc) is 3.00. The molecular formula is C30H48O3. The molecule has 2 N–H and O–H groups in total. The second-order valence-electron chi connectivity index (χ2n) is 13.5. The average molecular weight is 457 g/mol.